The Hall–Kier alpha value is -1.02. The summed E-state index contributed by atoms with van der Waals surface area (Å²) in [5.74, 6) is 1.15. The summed E-state index contributed by atoms with van der Waals surface area (Å²) in [5.41, 5.74) is 2.22. The molecule has 0 radical (unpaired) electrons. The van der Waals surface area contributed by atoms with E-state index in [2.05, 4.69) is 0 Å². The Labute approximate surface area is 144 Å². The molecule has 0 heterocycles. The molecular formula is C16H12Cl3O2P. The maximum Gasteiger partial charge on any atom is 0.253 e. The van der Waals surface area contributed by atoms with Crippen molar-refractivity contribution in [2.75, 3.05) is 0 Å². The minimum Gasteiger partial charge on any atom is -0.338 e. The van der Waals surface area contributed by atoms with E-state index >= 15 is 0 Å². The van der Waals surface area contributed by atoms with Crippen molar-refractivity contribution < 1.29 is 9.46 Å². The average molecular weight is 374 g/mol. The van der Waals surface area contributed by atoms with Crippen LogP contribution >= 0.6 is 42.2 Å². The Bertz CT molecular complexity index is 770. The maximum atomic E-state index is 12.7. The standard InChI is InChI=1S/C16H12Cl3O2P/c17-10-14(18)13-8-4-5-9-16(13)22(20,21)11-15(19)12-6-2-1-3-7-12/h1-11H,(H,20,21)/b14-10-,15-11-. The van der Waals surface area contributed by atoms with E-state index in [-0.39, 0.29) is 15.4 Å². The Morgan fingerprint density at radius 3 is 2.18 bits per heavy atom. The SMILES string of the molecule is O=P(O)(/C=C(\Cl)c1ccccc1)c1ccccc1/C(Cl)=C/Cl. The van der Waals surface area contributed by atoms with Gasteiger partial charge in [0.2, 0.25) is 0 Å². The molecule has 1 atom stereocenters. The van der Waals surface area contributed by atoms with Crippen molar-refractivity contribution in [2.45, 2.75) is 0 Å². The predicted molar refractivity (Wildman–Crippen MR) is 95.9 cm³/mol. The number of benzene rings is 2. The lowest BCUT2D eigenvalue weighted by Gasteiger charge is -2.13. The first-order valence-corrected chi connectivity index (χ1v) is 9.20. The number of hydrogen-bond donors (Lipinski definition) is 1. The van der Waals surface area contributed by atoms with E-state index in [0.29, 0.717) is 11.1 Å². The Kier molecular flexibility index (Phi) is 5.91. The normalized spacial score (nSPS) is 15.5. The molecule has 2 nitrogen and oxygen atoms in total. The third-order valence-corrected chi connectivity index (χ3v) is 5.75. The summed E-state index contributed by atoms with van der Waals surface area (Å²) in [6.07, 6.45) is 0. The first-order valence-electron chi connectivity index (χ1n) is 6.28. The second-order valence-corrected chi connectivity index (χ2v) is 7.46. The summed E-state index contributed by atoms with van der Waals surface area (Å²) in [5, 5.41) is 0.578. The Morgan fingerprint density at radius 2 is 1.55 bits per heavy atom. The van der Waals surface area contributed by atoms with Crippen molar-refractivity contribution in [3.05, 3.63) is 77.1 Å². The number of hydrogen-bond acceptors (Lipinski definition) is 1. The fourth-order valence-electron chi connectivity index (χ4n) is 1.91. The highest BCUT2D eigenvalue weighted by Crippen LogP contribution is 2.46. The quantitative estimate of drug-likeness (QED) is 0.709. The molecule has 0 bridgehead atoms. The fraction of sp³-hybridized carbons (Fsp3) is 0. The van der Waals surface area contributed by atoms with Gasteiger partial charge in [-0.1, -0.05) is 83.3 Å². The van der Waals surface area contributed by atoms with Crippen LogP contribution in [0, 0.1) is 0 Å². The Morgan fingerprint density at radius 1 is 0.955 bits per heavy atom. The van der Waals surface area contributed by atoms with Gasteiger partial charge in [0.05, 0.1) is 10.1 Å². The van der Waals surface area contributed by atoms with Crippen molar-refractivity contribution in [2.24, 2.45) is 0 Å². The maximum absolute atomic E-state index is 12.7. The van der Waals surface area contributed by atoms with Gasteiger partial charge in [0.1, 0.15) is 0 Å². The van der Waals surface area contributed by atoms with Crippen LogP contribution in [-0.2, 0) is 4.57 Å². The fourth-order valence-corrected chi connectivity index (χ4v) is 4.22. The first kappa shape index (κ1) is 17.3. The summed E-state index contributed by atoms with van der Waals surface area (Å²) in [6, 6.07) is 15.5. The first-order chi connectivity index (χ1) is 10.5. The van der Waals surface area contributed by atoms with Crippen LogP contribution in [0.4, 0.5) is 0 Å². The van der Waals surface area contributed by atoms with E-state index in [1.54, 1.807) is 42.5 Å². The van der Waals surface area contributed by atoms with Gasteiger partial charge in [-0.2, -0.15) is 0 Å². The molecule has 0 aliphatic heterocycles. The highest BCUT2D eigenvalue weighted by atomic mass is 35.5. The van der Waals surface area contributed by atoms with Crippen LogP contribution < -0.4 is 5.30 Å². The molecule has 0 spiro atoms. The summed E-state index contributed by atoms with van der Waals surface area (Å²) < 4.78 is 12.7. The summed E-state index contributed by atoms with van der Waals surface area (Å²) in [4.78, 5) is 10.4. The zero-order chi connectivity index (χ0) is 16.2. The van der Waals surface area contributed by atoms with Crippen molar-refractivity contribution in [1.82, 2.24) is 0 Å². The van der Waals surface area contributed by atoms with Gasteiger partial charge in [0.25, 0.3) is 7.37 Å². The molecule has 2 aromatic carbocycles. The molecular weight excluding hydrogens is 362 g/mol. The summed E-state index contributed by atoms with van der Waals surface area (Å²) >= 11 is 17.8. The highest BCUT2D eigenvalue weighted by Gasteiger charge is 2.24. The molecule has 22 heavy (non-hydrogen) atoms. The predicted octanol–water partition coefficient (Wildman–Crippen LogP) is 5.60. The molecule has 0 saturated heterocycles. The van der Waals surface area contributed by atoms with E-state index in [9.17, 15) is 9.46 Å². The summed E-state index contributed by atoms with van der Waals surface area (Å²) in [7, 11) is -3.85. The van der Waals surface area contributed by atoms with Crippen LogP contribution in [0.1, 0.15) is 11.1 Å². The largest absolute Gasteiger partial charge is 0.338 e. The van der Waals surface area contributed by atoms with Crippen molar-refractivity contribution in [3.63, 3.8) is 0 Å². The van der Waals surface area contributed by atoms with Gasteiger partial charge in [-0.05, 0) is 11.6 Å². The van der Waals surface area contributed by atoms with Crippen LogP contribution in [0.2, 0.25) is 0 Å². The molecule has 2 rings (SSSR count). The van der Waals surface area contributed by atoms with Crippen LogP contribution in [-0.4, -0.2) is 4.89 Å². The van der Waals surface area contributed by atoms with E-state index in [0.717, 1.165) is 11.4 Å². The highest BCUT2D eigenvalue weighted by molar-refractivity contribution is 7.69. The molecule has 1 unspecified atom stereocenters. The summed E-state index contributed by atoms with van der Waals surface area (Å²) in [6.45, 7) is 0. The van der Waals surface area contributed by atoms with Gasteiger partial charge in [-0.15, -0.1) is 0 Å². The van der Waals surface area contributed by atoms with E-state index in [4.69, 9.17) is 34.8 Å². The second kappa shape index (κ2) is 7.50. The average Bonchev–Trinajstić information content (AvgIpc) is 2.54. The second-order valence-electron chi connectivity index (χ2n) is 4.44. The lowest BCUT2D eigenvalue weighted by molar-refractivity contribution is 0.500. The van der Waals surface area contributed by atoms with Gasteiger partial charge in [-0.25, -0.2) is 0 Å². The molecule has 0 aliphatic rings. The van der Waals surface area contributed by atoms with Crippen molar-refractivity contribution in [1.29, 1.82) is 0 Å². The molecule has 0 aromatic heterocycles. The minimum atomic E-state index is -3.85. The lowest BCUT2D eigenvalue weighted by atomic mass is 10.2. The molecule has 114 valence electrons. The number of halogens is 3. The lowest BCUT2D eigenvalue weighted by Crippen LogP contribution is -2.08. The van der Waals surface area contributed by atoms with Crippen molar-refractivity contribution in [3.8, 4) is 0 Å². The van der Waals surface area contributed by atoms with Gasteiger partial charge >= 0.3 is 0 Å². The molecule has 0 aliphatic carbocycles. The van der Waals surface area contributed by atoms with Crippen LogP contribution in [0.5, 0.6) is 0 Å². The van der Waals surface area contributed by atoms with Crippen LogP contribution in [0.25, 0.3) is 10.1 Å². The van der Waals surface area contributed by atoms with Crippen LogP contribution in [0.3, 0.4) is 0 Å². The molecule has 0 amide bonds. The molecule has 2 aromatic rings. The minimum absolute atomic E-state index is 0.186. The number of rotatable bonds is 4. The van der Waals surface area contributed by atoms with Gasteiger partial charge in [0, 0.05) is 22.2 Å². The molecule has 1 N–H and O–H groups in total. The third kappa shape index (κ3) is 4.04. The van der Waals surface area contributed by atoms with Gasteiger partial charge in [-0.3, -0.25) is 4.57 Å². The monoisotopic (exact) mass is 372 g/mol. The smallest absolute Gasteiger partial charge is 0.253 e. The Balaban J connectivity index is 2.50. The third-order valence-electron chi connectivity index (χ3n) is 2.94. The van der Waals surface area contributed by atoms with Gasteiger partial charge < -0.3 is 4.89 Å². The zero-order valence-corrected chi connectivity index (χ0v) is 14.4. The van der Waals surface area contributed by atoms with Crippen molar-refractivity contribution >= 4 is 57.5 Å². The molecule has 6 heteroatoms. The topological polar surface area (TPSA) is 37.3 Å². The van der Waals surface area contributed by atoms with E-state index in [1.807, 2.05) is 6.07 Å². The van der Waals surface area contributed by atoms with E-state index in [1.165, 1.54) is 6.07 Å². The zero-order valence-electron chi connectivity index (χ0n) is 11.3. The van der Waals surface area contributed by atoms with Crippen LogP contribution in [0.15, 0.2) is 65.9 Å². The molecule has 0 fully saturated rings. The van der Waals surface area contributed by atoms with E-state index < -0.39 is 7.37 Å². The molecule has 0 saturated carbocycles. The van der Waals surface area contributed by atoms with Gasteiger partial charge in [0.15, 0.2) is 0 Å².